The van der Waals surface area contributed by atoms with Crippen molar-refractivity contribution >= 4 is 16.9 Å². The largest absolute Gasteiger partial charge is 0.392 e. The van der Waals surface area contributed by atoms with Gasteiger partial charge in [-0.05, 0) is 45.2 Å². The Bertz CT molecular complexity index is 695. The van der Waals surface area contributed by atoms with Gasteiger partial charge >= 0.3 is 0 Å². The van der Waals surface area contributed by atoms with E-state index in [1.807, 2.05) is 6.92 Å². The van der Waals surface area contributed by atoms with E-state index in [2.05, 4.69) is 42.3 Å². The molecule has 5 heteroatoms. The van der Waals surface area contributed by atoms with E-state index < -0.39 is 0 Å². The highest BCUT2D eigenvalue weighted by Gasteiger charge is 2.21. The molecule has 5 nitrogen and oxygen atoms in total. The second kappa shape index (κ2) is 7.45. The van der Waals surface area contributed by atoms with Gasteiger partial charge in [0.15, 0.2) is 0 Å². The molecular weight excluding hydrogens is 300 g/mol. The molecule has 0 unspecified atom stereocenters. The Balaban J connectivity index is 1.66. The van der Waals surface area contributed by atoms with Crippen LogP contribution in [0.5, 0.6) is 0 Å². The van der Waals surface area contributed by atoms with Gasteiger partial charge in [0.1, 0.15) is 0 Å². The fourth-order valence-electron chi connectivity index (χ4n) is 3.25. The van der Waals surface area contributed by atoms with Crippen molar-refractivity contribution < 1.29 is 5.11 Å². The lowest BCUT2D eigenvalue weighted by Gasteiger charge is -2.33. The first-order valence-electron chi connectivity index (χ1n) is 8.98. The van der Waals surface area contributed by atoms with Crippen molar-refractivity contribution in [2.45, 2.75) is 52.2 Å². The van der Waals surface area contributed by atoms with Gasteiger partial charge in [0.05, 0.1) is 17.3 Å². The number of hydrogen-bond donors (Lipinski definition) is 2. The van der Waals surface area contributed by atoms with Gasteiger partial charge in [-0.25, -0.2) is 9.97 Å². The normalized spacial score (nSPS) is 17.4. The fourth-order valence-corrected chi connectivity index (χ4v) is 3.25. The smallest absolute Gasteiger partial charge is 0.226 e. The van der Waals surface area contributed by atoms with Crippen molar-refractivity contribution in [3.8, 4) is 0 Å². The number of anilines is 1. The third kappa shape index (κ3) is 3.84. The van der Waals surface area contributed by atoms with Crippen LogP contribution in [0.15, 0.2) is 18.2 Å². The van der Waals surface area contributed by atoms with Crippen LogP contribution in [-0.2, 0) is 0 Å². The number of benzene rings is 1. The van der Waals surface area contributed by atoms with Gasteiger partial charge in [-0.2, -0.15) is 0 Å². The lowest BCUT2D eigenvalue weighted by atomic mass is 10.0. The molecule has 0 bridgehead atoms. The van der Waals surface area contributed by atoms with Gasteiger partial charge < -0.3 is 15.3 Å². The molecule has 1 aliphatic rings. The first-order chi connectivity index (χ1) is 11.6. The summed E-state index contributed by atoms with van der Waals surface area (Å²) in [5.74, 6) is 0.843. The van der Waals surface area contributed by atoms with Gasteiger partial charge in [-0.15, -0.1) is 0 Å². The number of hydrogen-bond acceptors (Lipinski definition) is 5. The first-order valence-corrected chi connectivity index (χ1v) is 8.98. The molecule has 0 saturated carbocycles. The quantitative estimate of drug-likeness (QED) is 0.883. The Hall–Kier alpha value is -1.72. The molecule has 0 aliphatic carbocycles. The summed E-state index contributed by atoms with van der Waals surface area (Å²) in [7, 11) is 0. The molecule has 1 saturated heterocycles. The van der Waals surface area contributed by atoms with Crippen LogP contribution in [0.2, 0.25) is 0 Å². The molecule has 2 N–H and O–H groups in total. The van der Waals surface area contributed by atoms with Crippen molar-refractivity contribution in [1.29, 1.82) is 0 Å². The van der Waals surface area contributed by atoms with Crippen LogP contribution < -0.4 is 10.2 Å². The summed E-state index contributed by atoms with van der Waals surface area (Å²) < 4.78 is 0. The third-order valence-corrected chi connectivity index (χ3v) is 4.92. The summed E-state index contributed by atoms with van der Waals surface area (Å²) in [6.07, 6.45) is 2.68. The maximum absolute atomic E-state index is 9.68. The molecule has 2 aromatic rings. The second-order valence-corrected chi connectivity index (χ2v) is 6.86. The number of nitrogens with one attached hydrogen (secondary N) is 1. The summed E-state index contributed by atoms with van der Waals surface area (Å²) in [5.41, 5.74) is 3.31. The zero-order chi connectivity index (χ0) is 17.1. The number of fused-ring (bicyclic) bond motifs is 1. The number of aromatic nitrogens is 2. The molecule has 0 radical (unpaired) electrons. The predicted octanol–water partition coefficient (Wildman–Crippen LogP) is 2.58. The summed E-state index contributed by atoms with van der Waals surface area (Å²) in [5, 5.41) is 14.3. The summed E-state index contributed by atoms with van der Waals surface area (Å²) >= 11 is 0. The molecule has 1 aromatic carbocycles. The summed E-state index contributed by atoms with van der Waals surface area (Å²) in [6, 6.07) is 6.83. The van der Waals surface area contributed by atoms with E-state index in [9.17, 15) is 5.11 Å². The lowest BCUT2D eigenvalue weighted by molar-refractivity contribution is 0.160. The van der Waals surface area contributed by atoms with E-state index in [1.54, 1.807) is 0 Å². The number of piperidine rings is 1. The monoisotopic (exact) mass is 328 g/mol. The van der Waals surface area contributed by atoms with Crippen molar-refractivity contribution in [1.82, 2.24) is 15.3 Å². The fraction of sp³-hybridized carbons (Fsp3) is 0.579. The third-order valence-electron chi connectivity index (χ3n) is 4.92. The van der Waals surface area contributed by atoms with Crippen LogP contribution in [0.4, 0.5) is 5.95 Å². The average Bonchev–Trinajstić information content (AvgIpc) is 2.60. The van der Waals surface area contributed by atoms with Crippen LogP contribution in [0, 0.1) is 13.8 Å². The van der Waals surface area contributed by atoms with E-state index in [0.717, 1.165) is 54.9 Å². The topological polar surface area (TPSA) is 61.3 Å². The van der Waals surface area contributed by atoms with Crippen LogP contribution in [0.1, 0.15) is 37.4 Å². The highest BCUT2D eigenvalue weighted by atomic mass is 16.3. The molecule has 3 rings (SSSR count). The Morgan fingerprint density at radius 2 is 2.00 bits per heavy atom. The number of aryl methyl sites for hydroxylation is 2. The molecule has 24 heavy (non-hydrogen) atoms. The van der Waals surface area contributed by atoms with Gasteiger partial charge in [0.25, 0.3) is 0 Å². The Labute approximate surface area is 144 Å². The highest BCUT2D eigenvalue weighted by Crippen LogP contribution is 2.22. The number of nitrogens with zero attached hydrogens (tertiary/aromatic N) is 3. The van der Waals surface area contributed by atoms with E-state index in [4.69, 9.17) is 9.97 Å². The number of aliphatic hydroxyl groups is 1. The molecule has 0 amide bonds. The minimum Gasteiger partial charge on any atom is -0.392 e. The first kappa shape index (κ1) is 17.1. The predicted molar refractivity (Wildman–Crippen MR) is 98.5 cm³/mol. The molecule has 0 spiro atoms. The molecule has 2 heterocycles. The van der Waals surface area contributed by atoms with E-state index in [1.165, 1.54) is 5.56 Å². The number of aliphatic hydroxyl groups excluding tert-OH is 1. The van der Waals surface area contributed by atoms with Gasteiger partial charge in [0, 0.05) is 31.1 Å². The van der Waals surface area contributed by atoms with Crippen LogP contribution in [0.25, 0.3) is 10.9 Å². The Morgan fingerprint density at radius 3 is 2.71 bits per heavy atom. The molecule has 130 valence electrons. The zero-order valence-electron chi connectivity index (χ0n) is 14.9. The molecule has 1 aliphatic heterocycles. The highest BCUT2D eigenvalue weighted by molar-refractivity contribution is 5.82. The van der Waals surface area contributed by atoms with Gasteiger partial charge in [-0.3, -0.25) is 0 Å². The second-order valence-electron chi connectivity index (χ2n) is 6.86. The van der Waals surface area contributed by atoms with Crippen LogP contribution >= 0.6 is 0 Å². The van der Waals surface area contributed by atoms with Crippen LogP contribution in [0.3, 0.4) is 0 Å². The van der Waals surface area contributed by atoms with Gasteiger partial charge in [-0.1, -0.05) is 18.6 Å². The lowest BCUT2D eigenvalue weighted by Crippen LogP contribution is -2.45. The number of rotatable bonds is 5. The maximum atomic E-state index is 9.68. The van der Waals surface area contributed by atoms with Crippen molar-refractivity contribution in [3.63, 3.8) is 0 Å². The zero-order valence-corrected chi connectivity index (χ0v) is 14.9. The molecule has 1 atom stereocenters. The molecule has 1 aromatic heterocycles. The van der Waals surface area contributed by atoms with Crippen molar-refractivity contribution in [2.24, 2.45) is 0 Å². The molecular formula is C19H28N4O. The standard InChI is InChI=1S/C19H28N4O/c1-4-16(24)12-20-15-7-9-23(10-8-15)19-21-14(3)17-11-13(2)5-6-18(17)22-19/h5-6,11,15-16,20,24H,4,7-10,12H2,1-3H3/t16-/m1/s1. The SMILES string of the molecule is CC[C@@H](O)CNC1CCN(c2nc(C)c3cc(C)ccc3n2)CC1. The Morgan fingerprint density at radius 1 is 1.25 bits per heavy atom. The van der Waals surface area contributed by atoms with E-state index in [-0.39, 0.29) is 6.10 Å². The van der Waals surface area contributed by atoms with Crippen molar-refractivity contribution in [3.05, 3.63) is 29.5 Å². The Kier molecular flexibility index (Phi) is 5.31. The minimum absolute atomic E-state index is 0.238. The van der Waals surface area contributed by atoms with E-state index in [0.29, 0.717) is 12.6 Å². The van der Waals surface area contributed by atoms with Gasteiger partial charge in [0.2, 0.25) is 5.95 Å². The molecule has 1 fully saturated rings. The summed E-state index contributed by atoms with van der Waals surface area (Å²) in [6.45, 7) is 8.77. The summed E-state index contributed by atoms with van der Waals surface area (Å²) in [4.78, 5) is 11.8. The van der Waals surface area contributed by atoms with Crippen LogP contribution in [-0.4, -0.2) is 46.9 Å². The average molecular weight is 328 g/mol. The van der Waals surface area contributed by atoms with E-state index >= 15 is 0 Å². The minimum atomic E-state index is -0.238. The maximum Gasteiger partial charge on any atom is 0.226 e. The van der Waals surface area contributed by atoms with Crippen molar-refractivity contribution in [2.75, 3.05) is 24.5 Å².